The van der Waals surface area contributed by atoms with Gasteiger partial charge in [-0.15, -0.1) is 0 Å². The molecular weight excluding hydrogens is 324 g/mol. The minimum Gasteiger partial charge on any atom is -0.338 e. The third-order valence-electron chi connectivity index (χ3n) is 3.85. The highest BCUT2D eigenvalue weighted by atomic mass is 35.5. The van der Waals surface area contributed by atoms with Crippen molar-refractivity contribution < 1.29 is 13.6 Å². The van der Waals surface area contributed by atoms with Crippen LogP contribution in [0.2, 0.25) is 5.02 Å². The van der Waals surface area contributed by atoms with Crippen LogP contribution in [0.3, 0.4) is 0 Å². The lowest BCUT2D eigenvalue weighted by Crippen LogP contribution is -2.46. The van der Waals surface area contributed by atoms with Crippen LogP contribution >= 0.6 is 11.6 Å². The summed E-state index contributed by atoms with van der Waals surface area (Å²) in [6.07, 6.45) is -0.294. The predicted molar refractivity (Wildman–Crippen MR) is 87.0 cm³/mol. The van der Waals surface area contributed by atoms with Gasteiger partial charge in [-0.2, -0.15) is 0 Å². The molecule has 1 aromatic rings. The second kappa shape index (κ2) is 7.45. The number of alkyl halides is 2. The molecule has 0 saturated heterocycles. The summed E-state index contributed by atoms with van der Waals surface area (Å²) in [5.74, 6) is -2.70. The number of nitrogens with one attached hydrogen (secondary N) is 2. The van der Waals surface area contributed by atoms with E-state index < -0.39 is 5.92 Å². The zero-order valence-corrected chi connectivity index (χ0v) is 14.0. The number of urea groups is 1. The first-order valence-corrected chi connectivity index (χ1v) is 7.95. The van der Waals surface area contributed by atoms with Crippen molar-refractivity contribution in [2.24, 2.45) is 5.92 Å². The molecule has 0 bridgehead atoms. The molecule has 2 rings (SSSR count). The van der Waals surface area contributed by atoms with Crippen molar-refractivity contribution in [1.29, 1.82) is 0 Å². The number of likely N-dealkylation sites (N-methyl/N-ethyl adjacent to an activating group) is 1. The summed E-state index contributed by atoms with van der Waals surface area (Å²) in [5, 5.41) is 6.20. The molecule has 128 valence electrons. The third kappa shape index (κ3) is 5.62. The Morgan fingerprint density at radius 3 is 2.48 bits per heavy atom. The molecular formula is C16H22ClF2N3O. The summed E-state index contributed by atoms with van der Waals surface area (Å²) >= 11 is 5.89. The summed E-state index contributed by atoms with van der Waals surface area (Å²) in [6, 6.07) is 6.73. The molecule has 1 aliphatic carbocycles. The zero-order valence-electron chi connectivity index (χ0n) is 13.3. The van der Waals surface area contributed by atoms with Gasteiger partial charge in [0.1, 0.15) is 0 Å². The number of benzene rings is 1. The van der Waals surface area contributed by atoms with Crippen molar-refractivity contribution in [3.05, 3.63) is 34.9 Å². The molecule has 0 heterocycles. The van der Waals surface area contributed by atoms with Crippen molar-refractivity contribution >= 4 is 17.6 Å². The molecule has 1 aliphatic rings. The number of amides is 2. The fourth-order valence-electron chi connectivity index (χ4n) is 2.67. The van der Waals surface area contributed by atoms with Crippen molar-refractivity contribution in [3.8, 4) is 0 Å². The maximum Gasteiger partial charge on any atom is 0.315 e. The third-order valence-corrected chi connectivity index (χ3v) is 4.10. The molecule has 1 atom stereocenters. The van der Waals surface area contributed by atoms with Crippen LogP contribution in [0.25, 0.3) is 0 Å². The molecule has 4 nitrogen and oxygen atoms in total. The largest absolute Gasteiger partial charge is 0.338 e. The average molecular weight is 346 g/mol. The van der Waals surface area contributed by atoms with Crippen LogP contribution in [-0.4, -0.2) is 44.0 Å². The van der Waals surface area contributed by atoms with Crippen molar-refractivity contribution in [1.82, 2.24) is 15.5 Å². The Morgan fingerprint density at radius 1 is 1.35 bits per heavy atom. The molecule has 1 unspecified atom stereocenters. The van der Waals surface area contributed by atoms with E-state index in [-0.39, 0.29) is 37.4 Å². The molecule has 7 heteroatoms. The van der Waals surface area contributed by atoms with E-state index in [4.69, 9.17) is 11.6 Å². The summed E-state index contributed by atoms with van der Waals surface area (Å²) < 4.78 is 25.6. The lowest BCUT2D eigenvalue weighted by atomic mass is 9.81. The van der Waals surface area contributed by atoms with Crippen LogP contribution in [0.15, 0.2) is 24.3 Å². The number of nitrogens with zero attached hydrogens (tertiary/aromatic N) is 1. The van der Waals surface area contributed by atoms with E-state index in [1.54, 1.807) is 12.1 Å². The highest BCUT2D eigenvalue weighted by Gasteiger charge is 2.45. The van der Waals surface area contributed by atoms with Gasteiger partial charge in [0.05, 0.1) is 6.04 Å². The SMILES string of the molecule is CN(C)CC(NC(=O)NCC1CC(F)(F)C1)c1ccc(Cl)cc1. The molecule has 2 amide bonds. The van der Waals surface area contributed by atoms with E-state index >= 15 is 0 Å². The van der Waals surface area contributed by atoms with E-state index in [0.717, 1.165) is 5.56 Å². The number of halogens is 3. The van der Waals surface area contributed by atoms with Gasteiger partial charge >= 0.3 is 6.03 Å². The summed E-state index contributed by atoms with van der Waals surface area (Å²) in [5.41, 5.74) is 0.938. The second-order valence-corrected chi connectivity index (χ2v) is 6.79. The minimum atomic E-state index is -2.56. The summed E-state index contributed by atoms with van der Waals surface area (Å²) in [6.45, 7) is 0.896. The van der Waals surface area contributed by atoms with E-state index in [2.05, 4.69) is 10.6 Å². The second-order valence-electron chi connectivity index (χ2n) is 6.35. The van der Waals surface area contributed by atoms with Crippen LogP contribution in [0.4, 0.5) is 13.6 Å². The molecule has 1 saturated carbocycles. The fraction of sp³-hybridized carbons (Fsp3) is 0.562. The Labute approximate surface area is 140 Å². The summed E-state index contributed by atoms with van der Waals surface area (Å²) in [7, 11) is 3.83. The van der Waals surface area contributed by atoms with Gasteiger partial charge in [-0.25, -0.2) is 13.6 Å². The van der Waals surface area contributed by atoms with E-state index in [1.807, 2.05) is 31.1 Å². The first-order valence-electron chi connectivity index (χ1n) is 7.57. The highest BCUT2D eigenvalue weighted by Crippen LogP contribution is 2.41. The Balaban J connectivity index is 1.87. The Hall–Kier alpha value is -1.40. The van der Waals surface area contributed by atoms with Gasteiger partial charge in [-0.1, -0.05) is 23.7 Å². The van der Waals surface area contributed by atoms with Crippen LogP contribution in [0, 0.1) is 5.92 Å². The van der Waals surface area contributed by atoms with Crippen LogP contribution in [0.5, 0.6) is 0 Å². The standard InChI is InChI=1S/C16H22ClF2N3O/c1-22(2)10-14(12-3-5-13(17)6-4-12)21-15(23)20-9-11-7-16(18,19)8-11/h3-6,11,14H,7-10H2,1-2H3,(H2,20,21,23). The lowest BCUT2D eigenvalue weighted by molar-refractivity contribution is -0.108. The van der Waals surface area contributed by atoms with E-state index in [0.29, 0.717) is 11.6 Å². The van der Waals surface area contributed by atoms with E-state index in [9.17, 15) is 13.6 Å². The summed E-state index contributed by atoms with van der Waals surface area (Å²) in [4.78, 5) is 14.0. The maximum atomic E-state index is 12.8. The normalized spacial score (nSPS) is 18.3. The van der Waals surface area contributed by atoms with Gasteiger partial charge in [-0.3, -0.25) is 0 Å². The quantitative estimate of drug-likeness (QED) is 0.831. The first kappa shape index (κ1) is 17.9. The molecule has 0 aromatic heterocycles. The predicted octanol–water partition coefficient (Wildman–Crippen LogP) is 3.29. The number of carbonyl (C=O) groups excluding carboxylic acids is 1. The number of rotatable bonds is 6. The van der Waals surface area contributed by atoms with Gasteiger partial charge in [0.25, 0.3) is 0 Å². The van der Waals surface area contributed by atoms with Crippen LogP contribution < -0.4 is 10.6 Å². The Morgan fingerprint density at radius 2 is 1.96 bits per heavy atom. The van der Waals surface area contributed by atoms with Crippen molar-refractivity contribution in [3.63, 3.8) is 0 Å². The molecule has 0 aliphatic heterocycles. The highest BCUT2D eigenvalue weighted by molar-refractivity contribution is 6.30. The molecule has 1 fully saturated rings. The van der Waals surface area contributed by atoms with Crippen LogP contribution in [-0.2, 0) is 0 Å². The molecule has 2 N–H and O–H groups in total. The maximum absolute atomic E-state index is 12.8. The van der Waals surface area contributed by atoms with Crippen LogP contribution in [0.1, 0.15) is 24.4 Å². The average Bonchev–Trinajstić information content (AvgIpc) is 2.42. The first-order chi connectivity index (χ1) is 10.7. The lowest BCUT2D eigenvalue weighted by Gasteiger charge is -2.35. The van der Waals surface area contributed by atoms with Gasteiger partial charge in [0.2, 0.25) is 5.92 Å². The Bertz CT molecular complexity index is 529. The van der Waals surface area contributed by atoms with Crippen molar-refractivity contribution in [2.75, 3.05) is 27.2 Å². The number of hydrogen-bond acceptors (Lipinski definition) is 2. The monoisotopic (exact) mass is 345 g/mol. The Kier molecular flexibility index (Phi) is 5.81. The number of carbonyl (C=O) groups is 1. The van der Waals surface area contributed by atoms with Crippen molar-refractivity contribution in [2.45, 2.75) is 24.8 Å². The molecule has 23 heavy (non-hydrogen) atoms. The van der Waals surface area contributed by atoms with Gasteiger partial charge < -0.3 is 15.5 Å². The molecule has 1 aromatic carbocycles. The van der Waals surface area contributed by atoms with E-state index in [1.165, 1.54) is 0 Å². The molecule has 0 spiro atoms. The number of hydrogen-bond donors (Lipinski definition) is 2. The van der Waals surface area contributed by atoms with Gasteiger partial charge in [-0.05, 0) is 37.7 Å². The van der Waals surface area contributed by atoms with Gasteiger partial charge in [0.15, 0.2) is 0 Å². The zero-order chi connectivity index (χ0) is 17.0. The smallest absolute Gasteiger partial charge is 0.315 e. The topological polar surface area (TPSA) is 44.4 Å². The molecule has 0 radical (unpaired) electrons. The van der Waals surface area contributed by atoms with Gasteiger partial charge in [0, 0.05) is 31.0 Å². The minimum absolute atomic E-state index is 0.140. The fourth-order valence-corrected chi connectivity index (χ4v) is 2.80.